The molecule has 1 heteroatoms. The van der Waals surface area contributed by atoms with Gasteiger partial charge in [0.05, 0.1) is 0 Å². The van der Waals surface area contributed by atoms with Crippen molar-refractivity contribution >= 4 is 0 Å². The van der Waals surface area contributed by atoms with E-state index in [4.69, 9.17) is 0 Å². The third-order valence-corrected chi connectivity index (χ3v) is 65.1. The molecule has 0 amide bonds. The Morgan fingerprint density at radius 2 is 1.00 bits per heavy atom. The molecule has 0 nitrogen and oxygen atoms in total. The molecule has 130 valence electrons. The molecule has 0 aliphatic carbocycles. The van der Waals surface area contributed by atoms with E-state index in [9.17, 15) is 0 Å². The Kier molecular flexibility index (Phi) is 0.496. The molecule has 10 atom stereocenters. The van der Waals surface area contributed by atoms with Crippen molar-refractivity contribution < 1.29 is 6.51 Å². The number of rotatable bonds is 2. The average molecular weight is 354 g/mol. The predicted molar refractivity (Wildman–Crippen MR) is 92.8 cm³/mol. The van der Waals surface area contributed by atoms with Gasteiger partial charge in [0.25, 0.3) is 0 Å². The predicted octanol–water partition coefficient (Wildman–Crippen LogP) is 7.77. The summed E-state index contributed by atoms with van der Waals surface area (Å²) < 4.78 is 4.03. The van der Waals surface area contributed by atoms with Crippen molar-refractivity contribution in [3.8, 4) is 0 Å². The summed E-state index contributed by atoms with van der Waals surface area (Å²) in [6, 6.07) is 0. The van der Waals surface area contributed by atoms with Gasteiger partial charge in [-0.15, -0.1) is 0 Å². The standard InChI is InChI=1S/2C11H17.Fe/c2*1-5-9-6-7-10(8-9)11(2,3)4;/h2*6-8H,5H2,1-4H3;. The molecule has 10 unspecified atom stereocenters. The van der Waals surface area contributed by atoms with Crippen molar-refractivity contribution in [2.24, 2.45) is 10.8 Å². The van der Waals surface area contributed by atoms with Gasteiger partial charge in [0.15, 0.2) is 0 Å². The Morgan fingerprint density at radius 1 is 0.652 bits per heavy atom. The number of fused-ring (bicyclic) bond motifs is 10. The second kappa shape index (κ2) is 1.01. The fourth-order valence-corrected chi connectivity index (χ4v) is 114. The first-order valence-corrected chi connectivity index (χ1v) is 16.6. The zero-order valence-corrected chi connectivity index (χ0v) is 17.3. The zero-order valence-electron chi connectivity index (χ0n) is 16.2. The minimum atomic E-state index is -3.53. The first-order chi connectivity index (χ1) is 10.3. The molecule has 0 saturated carbocycles. The van der Waals surface area contributed by atoms with Gasteiger partial charge in [-0.3, -0.25) is 0 Å². The summed E-state index contributed by atoms with van der Waals surface area (Å²) in [5.74, 6) is 0. The zero-order chi connectivity index (χ0) is 16.2. The van der Waals surface area contributed by atoms with Crippen LogP contribution >= 0.6 is 0 Å². The molecule has 1 spiro atoms. The van der Waals surface area contributed by atoms with Gasteiger partial charge in [-0.25, -0.2) is 0 Å². The normalized spacial score (nSPS) is 103. The Labute approximate surface area is 131 Å². The van der Waals surface area contributed by atoms with Crippen LogP contribution in [0.5, 0.6) is 0 Å². The number of hydrogen-bond donors (Lipinski definition) is 0. The van der Waals surface area contributed by atoms with Crippen LogP contribution in [0, 0.1) is 10.8 Å². The van der Waals surface area contributed by atoms with E-state index in [1.165, 1.54) is 28.9 Å². The maximum atomic E-state index is 2.71. The molecular weight excluding hydrogens is 320 g/mol. The Balaban J connectivity index is 1.59. The van der Waals surface area contributed by atoms with E-state index in [-0.39, 0.29) is 0 Å². The summed E-state index contributed by atoms with van der Waals surface area (Å²) in [4.78, 5) is 8.27. The molecule has 10 saturated heterocycles. The van der Waals surface area contributed by atoms with Gasteiger partial charge in [-0.2, -0.15) is 0 Å². The first kappa shape index (κ1) is 11.3. The molecule has 0 radical (unpaired) electrons. The van der Waals surface area contributed by atoms with Crippen LogP contribution in [0.15, 0.2) is 0 Å². The molecule has 0 N–H and O–H groups in total. The van der Waals surface area contributed by atoms with Crippen LogP contribution in [-0.4, -0.2) is 0 Å². The average Bonchev–Trinajstić information content (AvgIpc) is 3.37. The van der Waals surface area contributed by atoms with Gasteiger partial charge < -0.3 is 0 Å². The van der Waals surface area contributed by atoms with Crippen molar-refractivity contribution in [3.05, 3.63) is 0 Å². The van der Waals surface area contributed by atoms with Crippen molar-refractivity contribution in [1.82, 2.24) is 0 Å². The van der Waals surface area contributed by atoms with E-state index in [0.717, 1.165) is 17.3 Å². The van der Waals surface area contributed by atoms with E-state index in [1.807, 2.05) is 0 Å². The summed E-state index contributed by atoms with van der Waals surface area (Å²) in [6.45, 7) is 18.0. The summed E-state index contributed by atoms with van der Waals surface area (Å²) >= 11 is 0. The molecule has 10 aliphatic heterocycles. The van der Waals surface area contributed by atoms with Crippen molar-refractivity contribution in [2.45, 2.75) is 114 Å². The number of hydrogen-bond acceptors (Lipinski definition) is 0. The summed E-state index contributed by atoms with van der Waals surface area (Å²) in [5.41, 5.74) is 1.26. The molecule has 10 fully saturated rings. The van der Waals surface area contributed by atoms with Crippen LogP contribution in [-0.2, 0) is 6.51 Å². The molecular formula is C22H34Fe. The third kappa shape index (κ3) is 0.124. The second-order valence-corrected chi connectivity index (χ2v) is 38.2. The van der Waals surface area contributed by atoms with Crippen LogP contribution in [0.4, 0.5) is 0 Å². The second-order valence-electron chi connectivity index (χ2n) is 15.5. The fourth-order valence-electron chi connectivity index (χ4n) is 24.3. The van der Waals surface area contributed by atoms with E-state index in [2.05, 4.69) is 55.4 Å². The van der Waals surface area contributed by atoms with Gasteiger partial charge in [0.2, 0.25) is 0 Å². The van der Waals surface area contributed by atoms with Crippen molar-refractivity contribution in [2.75, 3.05) is 0 Å². The topological polar surface area (TPSA) is 0 Å². The van der Waals surface area contributed by atoms with E-state index in [1.54, 1.807) is 12.8 Å². The van der Waals surface area contributed by atoms with E-state index in [0.29, 0.717) is 10.8 Å². The molecule has 0 aromatic carbocycles. The quantitative estimate of drug-likeness (QED) is 0.444. The Bertz CT molecular complexity index is 1200. The van der Waals surface area contributed by atoms with Gasteiger partial charge in [0, 0.05) is 0 Å². The summed E-state index contributed by atoms with van der Waals surface area (Å²) in [5, 5.41) is 0. The minimum absolute atomic E-state index is 0.630. The Hall–Kier alpha value is 0.519. The monoisotopic (exact) mass is 354 g/mol. The van der Waals surface area contributed by atoms with Crippen molar-refractivity contribution in [3.63, 3.8) is 0 Å². The molecule has 0 aromatic rings. The van der Waals surface area contributed by atoms with Crippen LogP contribution < -0.4 is 0 Å². The van der Waals surface area contributed by atoms with E-state index < -0.39 is 6.51 Å². The van der Waals surface area contributed by atoms with Gasteiger partial charge in [-0.05, 0) is 0 Å². The SMILES string of the molecule is CC[C]12[CH]3[CH]4[C]5(C(C)(C)C)[CH]1[Fe]34251678[CH]2[CH]1[C]6(C(C)(C)C)[CH]7[C]28CC. The Morgan fingerprint density at radius 3 is 1.17 bits per heavy atom. The molecule has 23 heavy (non-hydrogen) atoms. The molecule has 0 bridgehead atoms. The summed E-state index contributed by atoms with van der Waals surface area (Å²) in [6.07, 6.45) is 3.24. The van der Waals surface area contributed by atoms with E-state index >= 15 is 0 Å². The first-order valence-electron chi connectivity index (χ1n) is 10.5. The summed E-state index contributed by atoms with van der Waals surface area (Å²) in [7, 11) is 0. The van der Waals surface area contributed by atoms with Gasteiger partial charge >= 0.3 is 132 Å². The van der Waals surface area contributed by atoms with Gasteiger partial charge in [-0.1, -0.05) is 0 Å². The molecule has 10 rings (SSSR count). The van der Waals surface area contributed by atoms with Crippen LogP contribution in [0.1, 0.15) is 68.2 Å². The maximum absolute atomic E-state index is 3.53. The molecule has 0 aromatic heterocycles. The van der Waals surface area contributed by atoms with Crippen LogP contribution in [0.3, 0.4) is 0 Å². The fraction of sp³-hybridized carbons (Fsp3) is 1.00. The molecule has 10 aliphatic rings. The molecule has 10 heterocycles. The van der Waals surface area contributed by atoms with Crippen LogP contribution in [0.2, 0.25) is 46.2 Å². The third-order valence-electron chi connectivity index (χ3n) is 19.0. The van der Waals surface area contributed by atoms with Gasteiger partial charge in [0.1, 0.15) is 0 Å². The van der Waals surface area contributed by atoms with Crippen molar-refractivity contribution in [1.29, 1.82) is 0 Å². The van der Waals surface area contributed by atoms with Crippen LogP contribution in [0.25, 0.3) is 0 Å².